The standard InChI is InChI=1S/C16H20N2O2/c1-12-11-17-8-7-14(12)18-9-6-13-4-5-15(19-2)16(10-13)20-3/h4-5,7-8,10-11H,6,9H2,1-3H3,(H,17,18). The maximum atomic E-state index is 5.31. The van der Waals surface area contributed by atoms with Crippen LogP contribution in [0, 0.1) is 6.92 Å². The molecule has 0 fully saturated rings. The lowest BCUT2D eigenvalue weighted by atomic mass is 10.1. The Balaban J connectivity index is 1.96. The number of benzene rings is 1. The zero-order valence-corrected chi connectivity index (χ0v) is 12.1. The van der Waals surface area contributed by atoms with Gasteiger partial charge in [-0.3, -0.25) is 4.98 Å². The summed E-state index contributed by atoms with van der Waals surface area (Å²) in [6, 6.07) is 8.00. The minimum atomic E-state index is 0.759. The second kappa shape index (κ2) is 6.80. The summed E-state index contributed by atoms with van der Waals surface area (Å²) < 4.78 is 10.5. The lowest BCUT2D eigenvalue weighted by Gasteiger charge is -2.11. The summed E-state index contributed by atoms with van der Waals surface area (Å²) >= 11 is 0. The molecule has 2 rings (SSSR count). The molecule has 106 valence electrons. The van der Waals surface area contributed by atoms with E-state index in [0.717, 1.165) is 35.7 Å². The van der Waals surface area contributed by atoms with Crippen LogP contribution >= 0.6 is 0 Å². The highest BCUT2D eigenvalue weighted by atomic mass is 16.5. The third-order valence-electron chi connectivity index (χ3n) is 3.20. The van der Waals surface area contributed by atoms with Crippen LogP contribution < -0.4 is 14.8 Å². The molecule has 0 bridgehead atoms. The molecule has 1 aromatic carbocycles. The summed E-state index contributed by atoms with van der Waals surface area (Å²) in [6.07, 6.45) is 4.58. The maximum Gasteiger partial charge on any atom is 0.160 e. The summed E-state index contributed by atoms with van der Waals surface area (Å²) in [7, 11) is 3.30. The third kappa shape index (κ3) is 3.41. The van der Waals surface area contributed by atoms with Gasteiger partial charge >= 0.3 is 0 Å². The second-order valence-corrected chi connectivity index (χ2v) is 4.56. The molecule has 0 unspecified atom stereocenters. The quantitative estimate of drug-likeness (QED) is 0.877. The normalized spacial score (nSPS) is 10.2. The van der Waals surface area contributed by atoms with Crippen LogP contribution in [0.1, 0.15) is 11.1 Å². The van der Waals surface area contributed by atoms with Gasteiger partial charge in [0.1, 0.15) is 0 Å². The zero-order chi connectivity index (χ0) is 14.4. The van der Waals surface area contributed by atoms with Crippen molar-refractivity contribution >= 4 is 5.69 Å². The molecule has 0 radical (unpaired) electrons. The van der Waals surface area contributed by atoms with Crippen molar-refractivity contribution in [2.75, 3.05) is 26.1 Å². The molecule has 0 aliphatic heterocycles. The molecule has 0 aliphatic rings. The number of hydrogen-bond donors (Lipinski definition) is 1. The van der Waals surface area contributed by atoms with Crippen LogP contribution in [0.25, 0.3) is 0 Å². The fourth-order valence-corrected chi connectivity index (χ4v) is 2.05. The van der Waals surface area contributed by atoms with Gasteiger partial charge in [0, 0.05) is 24.6 Å². The van der Waals surface area contributed by atoms with Crippen LogP contribution in [0.4, 0.5) is 5.69 Å². The molecule has 0 saturated carbocycles. The smallest absolute Gasteiger partial charge is 0.160 e. The third-order valence-corrected chi connectivity index (χ3v) is 3.20. The molecule has 1 N–H and O–H groups in total. The minimum Gasteiger partial charge on any atom is -0.493 e. The molecule has 1 heterocycles. The SMILES string of the molecule is COc1ccc(CCNc2ccncc2C)cc1OC. The van der Waals surface area contributed by atoms with Crippen molar-refractivity contribution in [1.82, 2.24) is 4.98 Å². The van der Waals surface area contributed by atoms with E-state index in [1.807, 2.05) is 31.3 Å². The van der Waals surface area contributed by atoms with Crippen molar-refractivity contribution in [2.24, 2.45) is 0 Å². The average Bonchev–Trinajstić information content (AvgIpc) is 2.49. The second-order valence-electron chi connectivity index (χ2n) is 4.56. The molecule has 4 nitrogen and oxygen atoms in total. The van der Waals surface area contributed by atoms with E-state index in [4.69, 9.17) is 9.47 Å². The van der Waals surface area contributed by atoms with Crippen molar-refractivity contribution in [1.29, 1.82) is 0 Å². The molecular formula is C16H20N2O2. The molecule has 2 aromatic rings. The molecule has 20 heavy (non-hydrogen) atoms. The summed E-state index contributed by atoms with van der Waals surface area (Å²) in [5.41, 5.74) is 3.49. The number of anilines is 1. The number of aryl methyl sites for hydroxylation is 1. The van der Waals surface area contributed by atoms with Crippen molar-refractivity contribution < 1.29 is 9.47 Å². The number of nitrogens with one attached hydrogen (secondary N) is 1. The summed E-state index contributed by atoms with van der Waals surface area (Å²) in [5, 5.41) is 3.42. The number of rotatable bonds is 6. The van der Waals surface area contributed by atoms with E-state index in [-0.39, 0.29) is 0 Å². The molecule has 0 spiro atoms. The van der Waals surface area contributed by atoms with Crippen LogP contribution in [0.3, 0.4) is 0 Å². The van der Waals surface area contributed by atoms with Crippen molar-refractivity contribution in [3.8, 4) is 11.5 Å². The van der Waals surface area contributed by atoms with Gasteiger partial charge in [0.05, 0.1) is 14.2 Å². The molecular weight excluding hydrogens is 252 g/mol. The predicted octanol–water partition coefficient (Wildman–Crippen LogP) is 3.06. The van der Waals surface area contributed by atoms with Crippen LogP contribution in [-0.4, -0.2) is 25.7 Å². The molecule has 0 amide bonds. The number of pyridine rings is 1. The van der Waals surface area contributed by atoms with Gasteiger partial charge in [-0.15, -0.1) is 0 Å². The average molecular weight is 272 g/mol. The van der Waals surface area contributed by atoms with E-state index in [1.165, 1.54) is 5.56 Å². The minimum absolute atomic E-state index is 0.759. The van der Waals surface area contributed by atoms with Crippen LogP contribution in [-0.2, 0) is 6.42 Å². The number of nitrogens with zero attached hydrogens (tertiary/aromatic N) is 1. The van der Waals surface area contributed by atoms with Crippen LogP contribution in [0.2, 0.25) is 0 Å². The van der Waals surface area contributed by atoms with E-state index in [1.54, 1.807) is 20.4 Å². The molecule has 0 atom stereocenters. The van der Waals surface area contributed by atoms with Gasteiger partial charge in [-0.05, 0) is 42.7 Å². The maximum absolute atomic E-state index is 5.31. The largest absolute Gasteiger partial charge is 0.493 e. The molecule has 0 aliphatic carbocycles. The van der Waals surface area contributed by atoms with Gasteiger partial charge in [-0.2, -0.15) is 0 Å². The topological polar surface area (TPSA) is 43.4 Å². The number of methoxy groups -OCH3 is 2. The van der Waals surface area contributed by atoms with Gasteiger partial charge < -0.3 is 14.8 Å². The Bertz CT molecular complexity index is 570. The first-order chi connectivity index (χ1) is 9.74. The lowest BCUT2D eigenvalue weighted by molar-refractivity contribution is 0.354. The monoisotopic (exact) mass is 272 g/mol. The Kier molecular flexibility index (Phi) is 4.82. The van der Waals surface area contributed by atoms with Crippen molar-refractivity contribution in [2.45, 2.75) is 13.3 Å². The fraction of sp³-hybridized carbons (Fsp3) is 0.312. The molecule has 4 heteroatoms. The van der Waals surface area contributed by atoms with Gasteiger partial charge in [-0.25, -0.2) is 0 Å². The van der Waals surface area contributed by atoms with Gasteiger partial charge in [0.2, 0.25) is 0 Å². The molecule has 1 aromatic heterocycles. The lowest BCUT2D eigenvalue weighted by Crippen LogP contribution is -2.06. The predicted molar refractivity (Wildman–Crippen MR) is 80.7 cm³/mol. The summed E-state index contributed by atoms with van der Waals surface area (Å²) in [5.74, 6) is 1.53. The Morgan fingerprint density at radius 3 is 2.60 bits per heavy atom. The highest BCUT2D eigenvalue weighted by Crippen LogP contribution is 2.27. The van der Waals surface area contributed by atoms with E-state index in [9.17, 15) is 0 Å². The Hall–Kier alpha value is -2.23. The highest BCUT2D eigenvalue weighted by Gasteiger charge is 2.04. The first-order valence-corrected chi connectivity index (χ1v) is 6.60. The van der Waals surface area contributed by atoms with E-state index in [2.05, 4.69) is 16.4 Å². The van der Waals surface area contributed by atoms with Gasteiger partial charge in [0.25, 0.3) is 0 Å². The first kappa shape index (κ1) is 14.2. The highest BCUT2D eigenvalue weighted by molar-refractivity contribution is 5.49. The Morgan fingerprint density at radius 2 is 1.90 bits per heavy atom. The van der Waals surface area contributed by atoms with E-state index >= 15 is 0 Å². The van der Waals surface area contributed by atoms with Gasteiger partial charge in [0.15, 0.2) is 11.5 Å². The van der Waals surface area contributed by atoms with Crippen LogP contribution in [0.5, 0.6) is 11.5 Å². The van der Waals surface area contributed by atoms with E-state index in [0.29, 0.717) is 0 Å². The Morgan fingerprint density at radius 1 is 1.10 bits per heavy atom. The first-order valence-electron chi connectivity index (χ1n) is 6.60. The van der Waals surface area contributed by atoms with Crippen molar-refractivity contribution in [3.63, 3.8) is 0 Å². The number of hydrogen-bond acceptors (Lipinski definition) is 4. The summed E-state index contributed by atoms with van der Waals surface area (Å²) in [6.45, 7) is 2.91. The molecule has 0 saturated heterocycles. The van der Waals surface area contributed by atoms with E-state index < -0.39 is 0 Å². The van der Waals surface area contributed by atoms with Gasteiger partial charge in [-0.1, -0.05) is 6.07 Å². The summed E-state index contributed by atoms with van der Waals surface area (Å²) in [4.78, 5) is 4.08. The number of aromatic nitrogens is 1. The Labute approximate surface area is 119 Å². The van der Waals surface area contributed by atoms with Crippen LogP contribution in [0.15, 0.2) is 36.7 Å². The zero-order valence-electron chi connectivity index (χ0n) is 12.1. The van der Waals surface area contributed by atoms with Crippen molar-refractivity contribution in [3.05, 3.63) is 47.8 Å². The fourth-order valence-electron chi connectivity index (χ4n) is 2.05. The number of ether oxygens (including phenoxy) is 2.